The number of nitrogens with zero attached hydrogens (tertiary/aromatic N) is 3. The number of carbonyl (C=O) groups is 3. The van der Waals surface area contributed by atoms with Crippen molar-refractivity contribution in [1.82, 2.24) is 20.2 Å². The molecule has 1 aliphatic rings. The number of thioether (sulfide) groups is 2. The van der Waals surface area contributed by atoms with Crippen LogP contribution in [0.2, 0.25) is 0 Å². The largest absolute Gasteiger partial charge is 0.480 e. The van der Waals surface area contributed by atoms with E-state index in [9.17, 15) is 19.5 Å². The first kappa shape index (κ1) is 23.3. The van der Waals surface area contributed by atoms with Crippen LogP contribution >= 0.6 is 23.5 Å². The first-order valence-electron chi connectivity index (χ1n) is 10.0. The van der Waals surface area contributed by atoms with Crippen LogP contribution in [-0.4, -0.2) is 75.2 Å². The Balaban J connectivity index is 1.71. The molecule has 3 rings (SSSR count). The second-order valence-electron chi connectivity index (χ2n) is 7.17. The number of imidazole rings is 1. The minimum Gasteiger partial charge on any atom is -0.480 e. The van der Waals surface area contributed by atoms with Crippen LogP contribution in [0.3, 0.4) is 0 Å². The zero-order valence-corrected chi connectivity index (χ0v) is 19.2. The Labute approximate surface area is 189 Å². The smallest absolute Gasteiger partial charge is 0.326 e. The van der Waals surface area contributed by atoms with Crippen molar-refractivity contribution >= 4 is 58.4 Å². The second-order valence-corrected chi connectivity index (χ2v) is 9.14. The third-order valence-corrected chi connectivity index (χ3v) is 6.41. The third-order valence-electron chi connectivity index (χ3n) is 5.12. The molecule has 0 radical (unpaired) electrons. The van der Waals surface area contributed by atoms with Crippen molar-refractivity contribution in [1.29, 1.82) is 0 Å². The van der Waals surface area contributed by atoms with Gasteiger partial charge in [0.15, 0.2) is 0 Å². The summed E-state index contributed by atoms with van der Waals surface area (Å²) in [4.78, 5) is 43.4. The zero-order valence-electron chi connectivity index (χ0n) is 17.5. The molecule has 0 unspecified atom stereocenters. The summed E-state index contributed by atoms with van der Waals surface area (Å²) in [6, 6.07) is 5.46. The number of aliphatic carboxylic acids is 1. The molecule has 2 atom stereocenters. The molecule has 3 N–H and O–H groups in total. The molecule has 0 saturated carbocycles. The Morgan fingerprint density at radius 1 is 1.06 bits per heavy atom. The van der Waals surface area contributed by atoms with E-state index in [0.29, 0.717) is 43.4 Å². The molecular formula is C20H27N5O4S2. The Morgan fingerprint density at radius 2 is 1.74 bits per heavy atom. The van der Waals surface area contributed by atoms with Crippen molar-refractivity contribution in [2.24, 2.45) is 0 Å². The van der Waals surface area contributed by atoms with Crippen LogP contribution < -0.4 is 15.5 Å². The maximum Gasteiger partial charge on any atom is 0.326 e. The van der Waals surface area contributed by atoms with Gasteiger partial charge in [0.1, 0.15) is 12.1 Å². The average Bonchev–Trinajstić information content (AvgIpc) is 3.32. The van der Waals surface area contributed by atoms with Gasteiger partial charge in [-0.25, -0.2) is 14.6 Å². The highest BCUT2D eigenvalue weighted by atomic mass is 32.2. The summed E-state index contributed by atoms with van der Waals surface area (Å²) in [5.74, 6) is 0.253. The summed E-state index contributed by atoms with van der Waals surface area (Å²) in [7, 11) is 0. The molecule has 11 heteroatoms. The van der Waals surface area contributed by atoms with Crippen LogP contribution in [0.15, 0.2) is 24.3 Å². The molecule has 1 aromatic heterocycles. The lowest BCUT2D eigenvalue weighted by molar-refractivity contribution is -0.142. The SMILES string of the molecule is CSCC[C@H](NC(=O)[C@H](CCSC)NC(=O)N1CCn2c1nc1ccccc12)C(=O)O. The number of rotatable bonds is 10. The van der Waals surface area contributed by atoms with Crippen LogP contribution in [0.1, 0.15) is 12.8 Å². The van der Waals surface area contributed by atoms with Gasteiger partial charge in [-0.2, -0.15) is 23.5 Å². The van der Waals surface area contributed by atoms with E-state index >= 15 is 0 Å². The highest BCUT2D eigenvalue weighted by Crippen LogP contribution is 2.27. The van der Waals surface area contributed by atoms with Crippen molar-refractivity contribution in [3.05, 3.63) is 24.3 Å². The Kier molecular flexibility index (Phi) is 8.08. The molecular weight excluding hydrogens is 438 g/mol. The van der Waals surface area contributed by atoms with Gasteiger partial charge in [0, 0.05) is 13.1 Å². The minimum absolute atomic E-state index is 0.321. The summed E-state index contributed by atoms with van der Waals surface area (Å²) in [6.07, 6.45) is 4.52. The van der Waals surface area contributed by atoms with E-state index in [-0.39, 0.29) is 0 Å². The second kappa shape index (κ2) is 10.8. The Hall–Kier alpha value is -2.40. The fourth-order valence-corrected chi connectivity index (χ4v) is 4.42. The highest BCUT2D eigenvalue weighted by molar-refractivity contribution is 7.98. The van der Waals surface area contributed by atoms with Gasteiger partial charge in [0.25, 0.3) is 0 Å². The van der Waals surface area contributed by atoms with Crippen LogP contribution in [0, 0.1) is 0 Å². The molecule has 2 heterocycles. The first-order valence-corrected chi connectivity index (χ1v) is 12.8. The van der Waals surface area contributed by atoms with Crippen molar-refractivity contribution in [3.63, 3.8) is 0 Å². The quantitative estimate of drug-likeness (QED) is 0.491. The number of benzene rings is 1. The standard InChI is InChI=1S/C20H27N5O4S2/c1-30-11-7-14(17(26)21-15(18(27)28)8-12-31-2)23-20(29)25-10-9-24-16-6-4-3-5-13(16)22-19(24)25/h3-6,14-15H,7-12H2,1-2H3,(H,21,26)(H,23,29)(H,27,28)/t14-,15-/m0/s1. The molecule has 1 aliphatic heterocycles. The molecule has 0 aliphatic carbocycles. The molecule has 3 amide bonds. The van der Waals surface area contributed by atoms with E-state index in [1.165, 1.54) is 16.7 Å². The molecule has 0 fully saturated rings. The minimum atomic E-state index is -1.08. The van der Waals surface area contributed by atoms with Crippen LogP contribution in [-0.2, 0) is 16.1 Å². The fourth-order valence-electron chi connectivity index (χ4n) is 3.48. The fraction of sp³-hybridized carbons (Fsp3) is 0.500. The van der Waals surface area contributed by atoms with Crippen LogP contribution in [0.5, 0.6) is 0 Å². The monoisotopic (exact) mass is 465 g/mol. The molecule has 0 bridgehead atoms. The number of nitrogens with one attached hydrogen (secondary N) is 2. The van der Waals surface area contributed by atoms with E-state index in [4.69, 9.17) is 0 Å². The van der Waals surface area contributed by atoms with Crippen LogP contribution in [0.4, 0.5) is 10.7 Å². The maximum atomic E-state index is 13.0. The third kappa shape index (κ3) is 5.45. The van der Waals surface area contributed by atoms with E-state index in [0.717, 1.165) is 11.0 Å². The summed E-state index contributed by atoms with van der Waals surface area (Å²) >= 11 is 3.07. The van der Waals surface area contributed by atoms with Crippen LogP contribution in [0.25, 0.3) is 11.0 Å². The topological polar surface area (TPSA) is 117 Å². The molecule has 31 heavy (non-hydrogen) atoms. The number of fused-ring (bicyclic) bond motifs is 3. The number of hydrogen-bond donors (Lipinski definition) is 3. The number of urea groups is 1. The normalized spacial score (nSPS) is 14.8. The van der Waals surface area contributed by atoms with E-state index in [1.54, 1.807) is 11.8 Å². The van der Waals surface area contributed by atoms with E-state index in [1.807, 2.05) is 41.3 Å². The van der Waals surface area contributed by atoms with Crippen molar-refractivity contribution in [2.45, 2.75) is 31.5 Å². The average molecular weight is 466 g/mol. The molecule has 2 aromatic rings. The lowest BCUT2D eigenvalue weighted by Gasteiger charge is -2.23. The van der Waals surface area contributed by atoms with Gasteiger partial charge < -0.3 is 20.3 Å². The number of para-hydroxylation sites is 2. The van der Waals surface area contributed by atoms with Gasteiger partial charge in [-0.1, -0.05) is 12.1 Å². The number of aromatic nitrogens is 2. The first-order chi connectivity index (χ1) is 15.0. The van der Waals surface area contributed by atoms with Gasteiger partial charge in [-0.15, -0.1) is 0 Å². The van der Waals surface area contributed by atoms with Crippen molar-refractivity contribution in [2.75, 3.05) is 35.5 Å². The number of carboxylic acids is 1. The maximum absolute atomic E-state index is 13.0. The van der Waals surface area contributed by atoms with Gasteiger partial charge in [-0.05, 0) is 49.0 Å². The molecule has 168 valence electrons. The predicted molar refractivity (Wildman–Crippen MR) is 125 cm³/mol. The summed E-state index contributed by atoms with van der Waals surface area (Å²) in [6.45, 7) is 1.09. The Morgan fingerprint density at radius 3 is 2.42 bits per heavy atom. The van der Waals surface area contributed by atoms with E-state index < -0.39 is 30.0 Å². The number of hydrogen-bond acceptors (Lipinski definition) is 6. The van der Waals surface area contributed by atoms with Gasteiger partial charge in [0.05, 0.1) is 11.0 Å². The summed E-state index contributed by atoms with van der Waals surface area (Å²) in [5.41, 5.74) is 1.77. The number of amides is 3. The number of carbonyl (C=O) groups excluding carboxylic acids is 2. The zero-order chi connectivity index (χ0) is 22.4. The van der Waals surface area contributed by atoms with Crippen molar-refractivity contribution in [3.8, 4) is 0 Å². The predicted octanol–water partition coefficient (Wildman–Crippen LogP) is 2.01. The molecule has 0 spiro atoms. The highest BCUT2D eigenvalue weighted by Gasteiger charge is 2.32. The van der Waals surface area contributed by atoms with E-state index in [2.05, 4.69) is 15.6 Å². The lowest BCUT2D eigenvalue weighted by atomic mass is 10.1. The van der Waals surface area contributed by atoms with Crippen molar-refractivity contribution < 1.29 is 19.5 Å². The summed E-state index contributed by atoms with van der Waals surface area (Å²) in [5, 5.41) is 14.8. The van der Waals surface area contributed by atoms with Gasteiger partial charge in [0.2, 0.25) is 11.9 Å². The number of carboxylic acid groups (broad SMARTS) is 1. The van der Waals surface area contributed by atoms with Gasteiger partial charge >= 0.3 is 12.0 Å². The number of anilines is 1. The van der Waals surface area contributed by atoms with Gasteiger partial charge in [-0.3, -0.25) is 9.69 Å². The summed E-state index contributed by atoms with van der Waals surface area (Å²) < 4.78 is 1.98. The molecule has 1 aromatic carbocycles. The lowest BCUT2D eigenvalue weighted by Crippen LogP contribution is -2.54. The molecule has 0 saturated heterocycles. The molecule has 9 nitrogen and oxygen atoms in total. The Bertz CT molecular complexity index is 951.